The van der Waals surface area contributed by atoms with Crippen molar-refractivity contribution in [1.29, 1.82) is 0 Å². The summed E-state index contributed by atoms with van der Waals surface area (Å²) in [6.07, 6.45) is -4.15. The fourth-order valence-electron chi connectivity index (χ4n) is 2.81. The van der Waals surface area contributed by atoms with Gasteiger partial charge >= 0.3 is 6.18 Å². The van der Waals surface area contributed by atoms with Crippen LogP contribution in [-0.2, 0) is 11.0 Å². The molecule has 128 valence electrons. The van der Waals surface area contributed by atoms with E-state index in [1.807, 2.05) is 6.92 Å². The number of nitrogens with two attached hydrogens (primary N) is 1. The van der Waals surface area contributed by atoms with Gasteiger partial charge in [0.25, 0.3) is 5.91 Å². The fraction of sp³-hybridized carbons (Fsp3) is 0.562. The van der Waals surface area contributed by atoms with Gasteiger partial charge in [-0.15, -0.1) is 0 Å². The first-order chi connectivity index (χ1) is 10.7. The quantitative estimate of drug-likeness (QED) is 0.927. The summed E-state index contributed by atoms with van der Waals surface area (Å²) in [4.78, 5) is 14.1. The molecule has 1 aliphatic heterocycles. The summed E-state index contributed by atoms with van der Waals surface area (Å²) in [6.45, 7) is 3.85. The largest absolute Gasteiger partial charge is 0.480 e. The van der Waals surface area contributed by atoms with Gasteiger partial charge < -0.3 is 15.4 Å². The van der Waals surface area contributed by atoms with Crippen molar-refractivity contribution in [3.63, 3.8) is 0 Å². The Bertz CT molecular complexity index is 563. The third kappa shape index (κ3) is 4.16. The first-order valence-corrected chi connectivity index (χ1v) is 7.59. The number of benzene rings is 1. The van der Waals surface area contributed by atoms with E-state index in [-0.39, 0.29) is 23.7 Å². The van der Waals surface area contributed by atoms with E-state index >= 15 is 0 Å². The zero-order valence-electron chi connectivity index (χ0n) is 13.1. The minimum absolute atomic E-state index is 0.0461. The summed E-state index contributed by atoms with van der Waals surface area (Å²) in [5.74, 6) is -0.649. The molecule has 0 unspecified atom stereocenters. The molecule has 4 nitrogen and oxygen atoms in total. The maximum absolute atomic E-state index is 13.0. The van der Waals surface area contributed by atoms with Gasteiger partial charge in [0, 0.05) is 18.6 Å². The van der Waals surface area contributed by atoms with E-state index in [1.165, 1.54) is 25.1 Å². The molecule has 0 radical (unpaired) electrons. The van der Waals surface area contributed by atoms with Gasteiger partial charge in [0.15, 0.2) is 6.10 Å². The lowest BCUT2D eigenvalue weighted by molar-refractivity contribution is -0.145. The van der Waals surface area contributed by atoms with Crippen LogP contribution in [0.25, 0.3) is 0 Å². The van der Waals surface area contributed by atoms with E-state index in [9.17, 15) is 18.0 Å². The number of piperidine rings is 1. The molecule has 23 heavy (non-hydrogen) atoms. The number of carbonyl (C=O) groups excluding carboxylic acids is 1. The number of ether oxygens (including phenoxy) is 1. The summed E-state index contributed by atoms with van der Waals surface area (Å²) in [5.41, 5.74) is 4.98. The maximum Gasteiger partial charge on any atom is 0.419 e. The van der Waals surface area contributed by atoms with Crippen molar-refractivity contribution in [1.82, 2.24) is 4.90 Å². The van der Waals surface area contributed by atoms with Crippen LogP contribution >= 0.6 is 0 Å². The molecule has 1 saturated heterocycles. The average Bonchev–Trinajstić information content (AvgIpc) is 2.46. The molecule has 2 N–H and O–H groups in total. The lowest BCUT2D eigenvalue weighted by atomic mass is 9.98. The molecule has 3 atom stereocenters. The van der Waals surface area contributed by atoms with E-state index in [4.69, 9.17) is 10.5 Å². The van der Waals surface area contributed by atoms with Crippen LogP contribution in [0.1, 0.15) is 32.3 Å². The Morgan fingerprint density at radius 2 is 2.04 bits per heavy atom. The second kappa shape index (κ2) is 6.78. The Morgan fingerprint density at radius 1 is 1.39 bits per heavy atom. The van der Waals surface area contributed by atoms with E-state index in [0.717, 1.165) is 6.07 Å². The van der Waals surface area contributed by atoms with Crippen molar-refractivity contribution < 1.29 is 22.7 Å². The SMILES string of the molecule is C[C@H](Oc1ccccc1C(F)(F)F)C(=O)N1CC[C@H](N)C[C@@H]1C. The molecule has 2 rings (SSSR count). The van der Waals surface area contributed by atoms with Crippen molar-refractivity contribution in [2.75, 3.05) is 6.54 Å². The molecular formula is C16H21F3N2O2. The maximum atomic E-state index is 13.0. The molecule has 7 heteroatoms. The van der Waals surface area contributed by atoms with E-state index in [1.54, 1.807) is 4.90 Å². The highest BCUT2D eigenvalue weighted by molar-refractivity contribution is 5.81. The fourth-order valence-corrected chi connectivity index (χ4v) is 2.81. The molecule has 0 bridgehead atoms. The third-order valence-electron chi connectivity index (χ3n) is 4.04. The van der Waals surface area contributed by atoms with Crippen LogP contribution in [0.15, 0.2) is 24.3 Å². The predicted molar refractivity (Wildman–Crippen MR) is 79.9 cm³/mol. The minimum atomic E-state index is -4.52. The number of likely N-dealkylation sites (tertiary alicyclic amines) is 1. The normalized spacial score (nSPS) is 23.5. The number of rotatable bonds is 3. The van der Waals surface area contributed by atoms with Gasteiger partial charge in [0.2, 0.25) is 0 Å². The van der Waals surface area contributed by atoms with Gasteiger partial charge in [-0.05, 0) is 38.8 Å². The highest BCUT2D eigenvalue weighted by Gasteiger charge is 2.36. The first kappa shape index (κ1) is 17.6. The average molecular weight is 330 g/mol. The van der Waals surface area contributed by atoms with E-state index in [2.05, 4.69) is 0 Å². The molecule has 1 fully saturated rings. The molecular weight excluding hydrogens is 309 g/mol. The molecule has 0 saturated carbocycles. The van der Waals surface area contributed by atoms with Gasteiger partial charge in [0.1, 0.15) is 5.75 Å². The van der Waals surface area contributed by atoms with Crippen LogP contribution in [0.4, 0.5) is 13.2 Å². The van der Waals surface area contributed by atoms with Gasteiger partial charge in [-0.1, -0.05) is 12.1 Å². The Balaban J connectivity index is 2.10. The number of alkyl halides is 3. The van der Waals surface area contributed by atoms with Gasteiger partial charge in [-0.2, -0.15) is 13.2 Å². The van der Waals surface area contributed by atoms with Crippen molar-refractivity contribution in [3.05, 3.63) is 29.8 Å². The summed E-state index contributed by atoms with van der Waals surface area (Å²) >= 11 is 0. The van der Waals surface area contributed by atoms with Crippen LogP contribution in [0, 0.1) is 0 Å². The van der Waals surface area contributed by atoms with Crippen molar-refractivity contribution >= 4 is 5.91 Å². The monoisotopic (exact) mass is 330 g/mol. The van der Waals surface area contributed by atoms with Gasteiger partial charge in [-0.25, -0.2) is 0 Å². The lowest BCUT2D eigenvalue weighted by Gasteiger charge is -2.37. The number of hydrogen-bond acceptors (Lipinski definition) is 3. The Kier molecular flexibility index (Phi) is 5.19. The number of hydrogen-bond donors (Lipinski definition) is 1. The van der Waals surface area contributed by atoms with Gasteiger partial charge in [0.05, 0.1) is 5.56 Å². The van der Waals surface area contributed by atoms with E-state index < -0.39 is 17.8 Å². The lowest BCUT2D eigenvalue weighted by Crippen LogP contribution is -2.52. The molecule has 0 aromatic heterocycles. The van der Waals surface area contributed by atoms with Crippen LogP contribution in [0.5, 0.6) is 5.75 Å². The Morgan fingerprint density at radius 3 is 2.65 bits per heavy atom. The molecule has 1 aromatic rings. The smallest absolute Gasteiger partial charge is 0.419 e. The predicted octanol–water partition coefficient (Wildman–Crippen LogP) is 2.81. The van der Waals surface area contributed by atoms with Crippen LogP contribution in [0.2, 0.25) is 0 Å². The van der Waals surface area contributed by atoms with Crippen molar-refractivity contribution in [3.8, 4) is 5.75 Å². The minimum Gasteiger partial charge on any atom is -0.480 e. The molecule has 1 aliphatic rings. The number of amides is 1. The number of carbonyl (C=O) groups is 1. The van der Waals surface area contributed by atoms with Crippen LogP contribution in [0.3, 0.4) is 0 Å². The second-order valence-corrected chi connectivity index (χ2v) is 5.92. The summed E-state index contributed by atoms with van der Waals surface area (Å²) < 4.78 is 44.2. The third-order valence-corrected chi connectivity index (χ3v) is 4.04. The summed E-state index contributed by atoms with van der Waals surface area (Å²) in [6, 6.07) is 4.91. The molecule has 1 amide bonds. The van der Waals surface area contributed by atoms with Gasteiger partial charge in [-0.3, -0.25) is 4.79 Å². The zero-order valence-corrected chi connectivity index (χ0v) is 13.1. The van der Waals surface area contributed by atoms with Crippen LogP contribution < -0.4 is 10.5 Å². The van der Waals surface area contributed by atoms with Crippen molar-refractivity contribution in [2.24, 2.45) is 5.73 Å². The number of halogens is 3. The molecule has 0 spiro atoms. The molecule has 1 heterocycles. The summed E-state index contributed by atoms with van der Waals surface area (Å²) in [7, 11) is 0. The Labute approximate surface area is 133 Å². The summed E-state index contributed by atoms with van der Waals surface area (Å²) in [5, 5.41) is 0. The van der Waals surface area contributed by atoms with E-state index in [0.29, 0.717) is 19.4 Å². The van der Waals surface area contributed by atoms with Crippen molar-refractivity contribution in [2.45, 2.75) is 51.1 Å². The Hall–Kier alpha value is -1.76. The number of para-hydroxylation sites is 1. The standard InChI is InChI=1S/C16H21F3N2O2/c1-10-9-12(20)7-8-21(10)15(22)11(2)23-14-6-4-3-5-13(14)16(17,18)19/h3-6,10-12H,7-9,20H2,1-2H3/t10-,11-,12-/m0/s1. The van der Waals surface area contributed by atoms with Crippen LogP contribution in [-0.4, -0.2) is 35.5 Å². The highest BCUT2D eigenvalue weighted by atomic mass is 19.4. The molecule has 1 aromatic carbocycles. The second-order valence-electron chi connectivity index (χ2n) is 5.92. The zero-order chi connectivity index (χ0) is 17.2. The first-order valence-electron chi connectivity index (χ1n) is 7.59. The highest BCUT2D eigenvalue weighted by Crippen LogP contribution is 2.36. The number of nitrogens with zero attached hydrogens (tertiary/aromatic N) is 1. The topological polar surface area (TPSA) is 55.6 Å². The molecule has 0 aliphatic carbocycles.